The Bertz CT molecular complexity index is 597. The molecular formula is C13H16Br2N2O4S. The molecule has 4 atom stereocenters. The molecule has 0 aromatic heterocycles. The quantitative estimate of drug-likeness (QED) is 0.497. The lowest BCUT2D eigenvalue weighted by molar-refractivity contribution is -0.161. The summed E-state index contributed by atoms with van der Waals surface area (Å²) in [5.41, 5.74) is -0.599. The summed E-state index contributed by atoms with van der Waals surface area (Å²) in [6.07, 6.45) is 0.636. The van der Waals surface area contributed by atoms with E-state index in [0.29, 0.717) is 6.42 Å². The average molecular weight is 456 g/mol. The number of carboxylic acid groups (broad SMARTS) is 1. The first-order chi connectivity index (χ1) is 9.92. The smallest absolute Gasteiger partial charge is 0.327 e. The number of halogens is 2. The highest BCUT2D eigenvalue weighted by Gasteiger charge is 2.69. The van der Waals surface area contributed by atoms with E-state index in [1.807, 2.05) is 20.8 Å². The molecule has 2 aliphatic heterocycles. The number of nitrogens with one attached hydrogen (secondary N) is 1. The molecular weight excluding hydrogens is 440 g/mol. The largest absolute Gasteiger partial charge is 0.480 e. The second kappa shape index (κ2) is 4.63. The predicted molar refractivity (Wildman–Crippen MR) is 89.0 cm³/mol. The molecule has 3 rings (SSSR count). The highest BCUT2D eigenvalue weighted by Crippen LogP contribution is 2.66. The van der Waals surface area contributed by atoms with Gasteiger partial charge in [-0.2, -0.15) is 0 Å². The number of β-lactam (4-membered cyclic amide) rings is 1. The summed E-state index contributed by atoms with van der Waals surface area (Å²) in [7, 11) is 0. The SMILES string of the molecule is CC1(C)S[C@@H]2[C@H](NC(=O)C3(C)CC3(Br)Br)C(=O)N2[C@H]1C(=O)O. The molecule has 0 aromatic rings. The third-order valence-corrected chi connectivity index (χ3v) is 8.60. The first-order valence-corrected chi connectivity index (χ1v) is 9.30. The first kappa shape index (κ1) is 16.6. The van der Waals surface area contributed by atoms with Crippen LogP contribution in [0.4, 0.5) is 0 Å². The van der Waals surface area contributed by atoms with E-state index < -0.39 is 31.4 Å². The number of fused-ring (bicyclic) bond motifs is 1. The van der Waals surface area contributed by atoms with E-state index in [-0.39, 0.29) is 17.2 Å². The zero-order valence-corrected chi connectivity index (χ0v) is 16.2. The van der Waals surface area contributed by atoms with Gasteiger partial charge in [0.05, 0.1) is 8.65 Å². The van der Waals surface area contributed by atoms with Gasteiger partial charge in [0.15, 0.2) is 0 Å². The van der Waals surface area contributed by atoms with Crippen LogP contribution >= 0.6 is 43.6 Å². The number of hydrogen-bond donors (Lipinski definition) is 2. The Kier molecular flexibility index (Phi) is 3.49. The summed E-state index contributed by atoms with van der Waals surface area (Å²) in [5.74, 6) is -1.52. The lowest BCUT2D eigenvalue weighted by Crippen LogP contribution is -2.71. The highest BCUT2D eigenvalue weighted by molar-refractivity contribution is 9.25. The second-order valence-electron chi connectivity index (χ2n) is 6.76. The van der Waals surface area contributed by atoms with Crippen molar-refractivity contribution in [3.05, 3.63) is 0 Å². The van der Waals surface area contributed by atoms with Gasteiger partial charge in [0.1, 0.15) is 17.5 Å². The zero-order valence-electron chi connectivity index (χ0n) is 12.2. The number of thioether (sulfide) groups is 1. The van der Waals surface area contributed by atoms with Gasteiger partial charge in [-0.05, 0) is 27.2 Å². The molecule has 9 heteroatoms. The number of hydrogen-bond acceptors (Lipinski definition) is 4. The Morgan fingerprint density at radius 3 is 2.36 bits per heavy atom. The molecule has 0 radical (unpaired) electrons. The van der Waals surface area contributed by atoms with Gasteiger partial charge in [-0.25, -0.2) is 4.79 Å². The third-order valence-electron chi connectivity index (χ3n) is 4.72. The summed E-state index contributed by atoms with van der Waals surface area (Å²) < 4.78 is -1.00. The maximum absolute atomic E-state index is 12.4. The Balaban J connectivity index is 1.74. The number of amides is 2. The van der Waals surface area contributed by atoms with Crippen LogP contribution in [-0.4, -0.2) is 53.2 Å². The summed E-state index contributed by atoms with van der Waals surface area (Å²) in [6.45, 7) is 5.44. The van der Waals surface area contributed by atoms with Crippen LogP contribution in [0.1, 0.15) is 27.2 Å². The maximum Gasteiger partial charge on any atom is 0.327 e. The van der Waals surface area contributed by atoms with Gasteiger partial charge in [-0.15, -0.1) is 11.8 Å². The molecule has 2 heterocycles. The van der Waals surface area contributed by atoms with Crippen molar-refractivity contribution in [2.45, 2.75) is 52.6 Å². The van der Waals surface area contributed by atoms with Crippen LogP contribution in [0, 0.1) is 5.41 Å². The van der Waals surface area contributed by atoms with Crippen molar-refractivity contribution >= 4 is 61.4 Å². The van der Waals surface area contributed by atoms with Gasteiger partial charge in [-0.1, -0.05) is 31.9 Å². The normalized spacial score (nSPS) is 40.7. The minimum atomic E-state index is -1.01. The Hall–Kier alpha value is -0.280. The number of carbonyl (C=O) groups excluding carboxylic acids is 2. The lowest BCUT2D eigenvalue weighted by Gasteiger charge is -2.44. The fourth-order valence-corrected chi connectivity index (χ4v) is 6.20. The van der Waals surface area contributed by atoms with E-state index in [9.17, 15) is 19.5 Å². The molecule has 0 spiro atoms. The van der Waals surface area contributed by atoms with Gasteiger partial charge >= 0.3 is 5.97 Å². The number of nitrogens with zero attached hydrogens (tertiary/aromatic N) is 1. The highest BCUT2D eigenvalue weighted by atomic mass is 79.9. The van der Waals surface area contributed by atoms with Crippen LogP contribution < -0.4 is 5.32 Å². The Morgan fingerprint density at radius 1 is 1.36 bits per heavy atom. The van der Waals surface area contributed by atoms with E-state index in [1.165, 1.54) is 16.7 Å². The number of alkyl halides is 2. The fourth-order valence-electron chi connectivity index (χ4n) is 3.09. The third kappa shape index (κ3) is 2.07. The Labute approximate surface area is 149 Å². The molecule has 2 N–H and O–H groups in total. The van der Waals surface area contributed by atoms with Crippen molar-refractivity contribution in [1.29, 1.82) is 0 Å². The van der Waals surface area contributed by atoms with Crippen LogP contribution in [0.15, 0.2) is 0 Å². The maximum atomic E-state index is 12.4. The van der Waals surface area contributed by atoms with Gasteiger partial charge in [0, 0.05) is 4.75 Å². The van der Waals surface area contributed by atoms with Crippen molar-refractivity contribution in [1.82, 2.24) is 10.2 Å². The van der Waals surface area contributed by atoms with Crippen LogP contribution in [0.3, 0.4) is 0 Å². The van der Waals surface area contributed by atoms with Crippen molar-refractivity contribution in [3.63, 3.8) is 0 Å². The van der Waals surface area contributed by atoms with Crippen LogP contribution in [0.2, 0.25) is 0 Å². The number of aliphatic carboxylic acids is 1. The lowest BCUT2D eigenvalue weighted by atomic mass is 9.95. The molecule has 3 aliphatic rings. The monoisotopic (exact) mass is 454 g/mol. The van der Waals surface area contributed by atoms with Crippen molar-refractivity contribution in [2.24, 2.45) is 5.41 Å². The van der Waals surface area contributed by atoms with Gasteiger partial charge < -0.3 is 15.3 Å². The van der Waals surface area contributed by atoms with Gasteiger partial charge in [0.2, 0.25) is 11.8 Å². The molecule has 0 bridgehead atoms. The topological polar surface area (TPSA) is 86.7 Å². The molecule has 122 valence electrons. The molecule has 2 saturated heterocycles. The summed E-state index contributed by atoms with van der Waals surface area (Å²) in [4.78, 5) is 37.5. The summed E-state index contributed by atoms with van der Waals surface area (Å²) in [6, 6.07) is -1.50. The van der Waals surface area contributed by atoms with E-state index >= 15 is 0 Å². The minimum Gasteiger partial charge on any atom is -0.480 e. The molecule has 0 aromatic carbocycles. The summed E-state index contributed by atoms with van der Waals surface area (Å²) in [5, 5.41) is 11.8. The van der Waals surface area contributed by atoms with E-state index in [4.69, 9.17) is 0 Å². The predicted octanol–water partition coefficient (Wildman–Crippen LogP) is 1.51. The zero-order chi connectivity index (χ0) is 16.7. The first-order valence-electron chi connectivity index (χ1n) is 6.84. The number of carbonyl (C=O) groups is 3. The van der Waals surface area contributed by atoms with Gasteiger partial charge in [-0.3, -0.25) is 9.59 Å². The number of carboxylic acids is 1. The molecule has 6 nitrogen and oxygen atoms in total. The molecule has 22 heavy (non-hydrogen) atoms. The van der Waals surface area contributed by atoms with Crippen LogP contribution in [0.25, 0.3) is 0 Å². The molecule has 3 fully saturated rings. The van der Waals surface area contributed by atoms with E-state index in [2.05, 4.69) is 37.2 Å². The van der Waals surface area contributed by atoms with Crippen molar-refractivity contribution in [2.75, 3.05) is 0 Å². The molecule has 1 saturated carbocycles. The van der Waals surface area contributed by atoms with Crippen LogP contribution in [-0.2, 0) is 14.4 Å². The van der Waals surface area contributed by atoms with E-state index in [0.717, 1.165) is 0 Å². The Morgan fingerprint density at radius 2 is 1.91 bits per heavy atom. The van der Waals surface area contributed by atoms with Crippen molar-refractivity contribution in [3.8, 4) is 0 Å². The van der Waals surface area contributed by atoms with Gasteiger partial charge in [0.25, 0.3) is 0 Å². The standard InChI is InChI=1S/C13H16Br2N2O4S/c1-11(2)6(9(19)20)17-7(18)5(8(17)22-11)16-10(21)12(3)4-13(12,14)15/h5-6,8H,4H2,1-3H3,(H,16,21)(H,19,20)/t5-,6+,8-,12?/m1/s1. The summed E-state index contributed by atoms with van der Waals surface area (Å²) >= 11 is 8.29. The molecule has 2 amide bonds. The molecule has 1 aliphatic carbocycles. The average Bonchev–Trinajstić information content (AvgIpc) is 2.78. The minimum absolute atomic E-state index is 0.198. The molecule has 1 unspecified atom stereocenters. The second-order valence-corrected chi connectivity index (χ2v) is 12.3. The van der Waals surface area contributed by atoms with Crippen LogP contribution in [0.5, 0.6) is 0 Å². The van der Waals surface area contributed by atoms with E-state index in [1.54, 1.807) is 0 Å². The van der Waals surface area contributed by atoms with Crippen molar-refractivity contribution < 1.29 is 19.5 Å². The number of rotatable bonds is 3. The fraction of sp³-hybridized carbons (Fsp3) is 0.769.